The number of nitrogens with two attached hydrogens (primary N) is 1. The lowest BCUT2D eigenvalue weighted by Crippen LogP contribution is -2.26. The minimum atomic E-state index is 0.409. The molecule has 2 rings (SSSR count). The average Bonchev–Trinajstić information content (AvgIpc) is 3.23. The molecule has 2 N–H and O–H groups in total. The molecule has 0 aliphatic heterocycles. The van der Waals surface area contributed by atoms with Gasteiger partial charge in [-0.05, 0) is 37.8 Å². The van der Waals surface area contributed by atoms with E-state index in [1.54, 1.807) is 11.8 Å². The number of benzene rings is 1. The summed E-state index contributed by atoms with van der Waals surface area (Å²) in [5, 5.41) is 0. The topological polar surface area (TPSA) is 38.5 Å². The van der Waals surface area contributed by atoms with Crippen LogP contribution in [0.1, 0.15) is 25.3 Å². The zero-order valence-corrected chi connectivity index (χ0v) is 13.7. The molecule has 20 heavy (non-hydrogen) atoms. The number of rotatable bonds is 8. The number of ether oxygens (including phenoxy) is 1. The predicted octanol–water partition coefficient (Wildman–Crippen LogP) is 2.91. The van der Waals surface area contributed by atoms with Gasteiger partial charge in [0, 0.05) is 17.5 Å². The quantitative estimate of drug-likeness (QED) is 0.590. The standard InChI is InChI=1S/C15H22N2OS2/c1-3-20-13-6-4-5-12(14(13)15(16)19)18-10-9-17(2)11-7-8-11/h4-6,11H,3,7-10H2,1-2H3,(H2,16,19). The third kappa shape index (κ3) is 4.11. The normalized spacial score (nSPS) is 14.6. The molecule has 1 aromatic rings. The van der Waals surface area contributed by atoms with Crippen LogP contribution in [-0.4, -0.2) is 41.9 Å². The van der Waals surface area contributed by atoms with Crippen LogP contribution in [0.25, 0.3) is 0 Å². The van der Waals surface area contributed by atoms with Gasteiger partial charge < -0.3 is 15.4 Å². The molecular formula is C15H22N2OS2. The molecule has 1 fully saturated rings. The van der Waals surface area contributed by atoms with Crippen LogP contribution in [0.3, 0.4) is 0 Å². The van der Waals surface area contributed by atoms with E-state index in [2.05, 4.69) is 18.9 Å². The van der Waals surface area contributed by atoms with Gasteiger partial charge in [-0.1, -0.05) is 25.2 Å². The summed E-state index contributed by atoms with van der Waals surface area (Å²) in [6.45, 7) is 3.72. The number of nitrogens with zero attached hydrogens (tertiary/aromatic N) is 1. The van der Waals surface area contributed by atoms with Gasteiger partial charge >= 0.3 is 0 Å². The summed E-state index contributed by atoms with van der Waals surface area (Å²) in [7, 11) is 2.15. The van der Waals surface area contributed by atoms with E-state index in [-0.39, 0.29) is 0 Å². The largest absolute Gasteiger partial charge is 0.491 e. The van der Waals surface area contributed by atoms with E-state index in [0.29, 0.717) is 11.6 Å². The Morgan fingerprint density at radius 1 is 1.50 bits per heavy atom. The average molecular weight is 310 g/mol. The summed E-state index contributed by atoms with van der Waals surface area (Å²) in [5.74, 6) is 1.80. The second-order valence-corrected chi connectivity index (χ2v) is 6.73. The molecule has 0 bridgehead atoms. The fraction of sp³-hybridized carbons (Fsp3) is 0.533. The zero-order valence-electron chi connectivity index (χ0n) is 12.1. The Morgan fingerprint density at radius 2 is 2.25 bits per heavy atom. The van der Waals surface area contributed by atoms with E-state index in [1.807, 2.05) is 18.2 Å². The van der Waals surface area contributed by atoms with Crippen LogP contribution in [0.5, 0.6) is 5.75 Å². The maximum atomic E-state index is 5.91. The van der Waals surface area contributed by atoms with Gasteiger partial charge in [0.2, 0.25) is 0 Å². The zero-order chi connectivity index (χ0) is 14.5. The molecular weight excluding hydrogens is 288 g/mol. The molecule has 5 heteroatoms. The first-order valence-electron chi connectivity index (χ1n) is 7.02. The van der Waals surface area contributed by atoms with Gasteiger partial charge in [0.1, 0.15) is 17.3 Å². The molecule has 0 heterocycles. The van der Waals surface area contributed by atoms with Crippen LogP contribution in [0.15, 0.2) is 23.1 Å². The lowest BCUT2D eigenvalue weighted by molar-refractivity contribution is 0.231. The second-order valence-electron chi connectivity index (χ2n) is 4.99. The number of thiocarbonyl (C=S) groups is 1. The first-order valence-corrected chi connectivity index (χ1v) is 8.41. The summed E-state index contributed by atoms with van der Waals surface area (Å²) in [6, 6.07) is 6.76. The predicted molar refractivity (Wildman–Crippen MR) is 89.9 cm³/mol. The van der Waals surface area contributed by atoms with Gasteiger partial charge in [-0.25, -0.2) is 0 Å². The van der Waals surface area contributed by atoms with Crippen molar-refractivity contribution < 1.29 is 4.74 Å². The summed E-state index contributed by atoms with van der Waals surface area (Å²) in [6.07, 6.45) is 2.63. The molecule has 1 aliphatic rings. The monoisotopic (exact) mass is 310 g/mol. The van der Waals surface area contributed by atoms with Crippen molar-refractivity contribution in [2.24, 2.45) is 5.73 Å². The molecule has 0 atom stereocenters. The SMILES string of the molecule is CCSc1cccc(OCCN(C)C2CC2)c1C(N)=S. The molecule has 0 spiro atoms. The number of likely N-dealkylation sites (N-methyl/N-ethyl adjacent to an activating group) is 1. The fourth-order valence-electron chi connectivity index (χ4n) is 2.15. The van der Waals surface area contributed by atoms with Crippen molar-refractivity contribution in [2.75, 3.05) is 26.0 Å². The summed E-state index contributed by atoms with van der Waals surface area (Å²) in [5.41, 5.74) is 6.74. The first kappa shape index (κ1) is 15.6. The minimum Gasteiger partial charge on any atom is -0.491 e. The van der Waals surface area contributed by atoms with Crippen LogP contribution in [0, 0.1) is 0 Å². The number of hydrogen-bond donors (Lipinski definition) is 1. The number of thioether (sulfide) groups is 1. The van der Waals surface area contributed by atoms with E-state index in [0.717, 1.165) is 34.5 Å². The van der Waals surface area contributed by atoms with Crippen molar-refractivity contribution in [3.63, 3.8) is 0 Å². The molecule has 0 radical (unpaired) electrons. The van der Waals surface area contributed by atoms with Crippen LogP contribution < -0.4 is 10.5 Å². The van der Waals surface area contributed by atoms with Crippen molar-refractivity contribution in [3.05, 3.63) is 23.8 Å². The minimum absolute atomic E-state index is 0.409. The van der Waals surface area contributed by atoms with Crippen molar-refractivity contribution in [3.8, 4) is 5.75 Å². The van der Waals surface area contributed by atoms with Crippen LogP contribution in [-0.2, 0) is 0 Å². The highest BCUT2D eigenvalue weighted by atomic mass is 32.2. The van der Waals surface area contributed by atoms with E-state index >= 15 is 0 Å². The van der Waals surface area contributed by atoms with Gasteiger partial charge in [-0.15, -0.1) is 11.8 Å². The molecule has 1 saturated carbocycles. The van der Waals surface area contributed by atoms with Crippen molar-refractivity contribution in [1.29, 1.82) is 0 Å². The van der Waals surface area contributed by atoms with Gasteiger partial charge in [0.25, 0.3) is 0 Å². The third-order valence-electron chi connectivity index (χ3n) is 3.41. The molecule has 0 saturated heterocycles. The summed E-state index contributed by atoms with van der Waals surface area (Å²) in [4.78, 5) is 3.87. The molecule has 0 unspecified atom stereocenters. The van der Waals surface area contributed by atoms with E-state index in [9.17, 15) is 0 Å². The highest BCUT2D eigenvalue weighted by Gasteiger charge is 2.25. The molecule has 110 valence electrons. The summed E-state index contributed by atoms with van der Waals surface area (Å²) < 4.78 is 5.91. The Labute approximate surface area is 130 Å². The first-order chi connectivity index (χ1) is 9.63. The second kappa shape index (κ2) is 7.29. The lowest BCUT2D eigenvalue weighted by Gasteiger charge is -2.18. The fourth-order valence-corrected chi connectivity index (χ4v) is 3.26. The maximum Gasteiger partial charge on any atom is 0.130 e. The maximum absolute atomic E-state index is 5.91. The third-order valence-corrected chi connectivity index (χ3v) is 4.55. The smallest absolute Gasteiger partial charge is 0.130 e. The Bertz CT molecular complexity index is 475. The van der Waals surface area contributed by atoms with Gasteiger partial charge in [-0.3, -0.25) is 0 Å². The number of hydrogen-bond acceptors (Lipinski definition) is 4. The van der Waals surface area contributed by atoms with Crippen LogP contribution >= 0.6 is 24.0 Å². The molecule has 3 nitrogen and oxygen atoms in total. The van der Waals surface area contributed by atoms with E-state index in [4.69, 9.17) is 22.7 Å². The Hall–Kier alpha value is -0.780. The Morgan fingerprint density at radius 3 is 2.85 bits per heavy atom. The Balaban J connectivity index is 2.01. The lowest BCUT2D eigenvalue weighted by atomic mass is 10.2. The molecule has 0 aromatic heterocycles. The highest BCUT2D eigenvalue weighted by Crippen LogP contribution is 2.30. The van der Waals surface area contributed by atoms with Gasteiger partial charge in [-0.2, -0.15) is 0 Å². The van der Waals surface area contributed by atoms with Crippen molar-refractivity contribution >= 4 is 29.0 Å². The van der Waals surface area contributed by atoms with Crippen molar-refractivity contribution in [1.82, 2.24) is 4.90 Å². The molecule has 0 amide bonds. The van der Waals surface area contributed by atoms with E-state index in [1.165, 1.54) is 12.8 Å². The van der Waals surface area contributed by atoms with Gasteiger partial charge in [0.05, 0.1) is 5.56 Å². The Kier molecular flexibility index (Phi) is 5.69. The van der Waals surface area contributed by atoms with Crippen LogP contribution in [0.4, 0.5) is 0 Å². The van der Waals surface area contributed by atoms with Crippen molar-refractivity contribution in [2.45, 2.75) is 30.7 Å². The highest BCUT2D eigenvalue weighted by molar-refractivity contribution is 7.99. The summed E-state index contributed by atoms with van der Waals surface area (Å²) >= 11 is 6.92. The molecule has 1 aliphatic carbocycles. The van der Waals surface area contributed by atoms with E-state index < -0.39 is 0 Å². The van der Waals surface area contributed by atoms with Gasteiger partial charge in [0.15, 0.2) is 0 Å². The molecule has 1 aromatic carbocycles. The van der Waals surface area contributed by atoms with Crippen LogP contribution in [0.2, 0.25) is 0 Å².